The van der Waals surface area contributed by atoms with E-state index in [1.54, 1.807) is 0 Å². The second-order valence-corrected chi connectivity index (χ2v) is 18.9. The number of hydrogen-bond donors (Lipinski definition) is 0. The van der Waals surface area contributed by atoms with Crippen LogP contribution in [0.15, 0.2) is 103 Å². The zero-order valence-corrected chi connectivity index (χ0v) is 23.6. The predicted molar refractivity (Wildman–Crippen MR) is 160 cm³/mol. The Morgan fingerprint density at radius 3 is 1.29 bits per heavy atom. The Bertz CT molecular complexity index is 892. The summed E-state index contributed by atoms with van der Waals surface area (Å²) in [5.74, 6) is 0. The van der Waals surface area contributed by atoms with E-state index >= 15 is 0 Å². The number of halogens is 1. The van der Waals surface area contributed by atoms with Crippen LogP contribution in [0.2, 0.25) is 0 Å². The summed E-state index contributed by atoms with van der Waals surface area (Å²) in [5, 5.41) is 1.57. The molecule has 0 aliphatic heterocycles. The molecular formula is C32H42BrP. The minimum atomic E-state index is -2.73. The van der Waals surface area contributed by atoms with Crippen LogP contribution in [0.3, 0.4) is 0 Å². The van der Waals surface area contributed by atoms with Gasteiger partial charge in [0.15, 0.2) is 0 Å². The molecule has 0 nitrogen and oxygen atoms in total. The molecule has 3 aromatic rings. The van der Waals surface area contributed by atoms with E-state index in [2.05, 4.69) is 126 Å². The van der Waals surface area contributed by atoms with Gasteiger partial charge in [-0.15, -0.1) is 0 Å². The van der Waals surface area contributed by atoms with Crippen LogP contribution in [0, 0.1) is 0 Å². The first-order valence-electron chi connectivity index (χ1n) is 13.1. The number of rotatable bonds is 14. The van der Waals surface area contributed by atoms with Crippen molar-refractivity contribution in [1.82, 2.24) is 0 Å². The van der Waals surface area contributed by atoms with Gasteiger partial charge in [-0.1, -0.05) is 0 Å². The molecule has 0 amide bonds. The second-order valence-electron chi connectivity index (χ2n) is 9.81. The van der Waals surface area contributed by atoms with Gasteiger partial charge in [-0.2, -0.15) is 0 Å². The SMILES string of the molecule is CC(C)=CCCCCCCCCCCP(Br)(c1ccccc1)(c1ccccc1)c1ccccc1. The van der Waals surface area contributed by atoms with Crippen LogP contribution in [-0.2, 0) is 0 Å². The fraction of sp³-hybridized carbons (Fsp3) is 0.375. The average Bonchev–Trinajstić information content (AvgIpc) is 2.88. The van der Waals surface area contributed by atoms with Crippen molar-refractivity contribution in [2.45, 2.75) is 71.6 Å². The van der Waals surface area contributed by atoms with Crippen molar-refractivity contribution < 1.29 is 0 Å². The van der Waals surface area contributed by atoms with Crippen molar-refractivity contribution in [3.05, 3.63) is 103 Å². The molecule has 2 heteroatoms. The van der Waals surface area contributed by atoms with Gasteiger partial charge in [0.25, 0.3) is 0 Å². The number of allylic oxidation sites excluding steroid dienone is 2. The topological polar surface area (TPSA) is 0 Å². The summed E-state index contributed by atoms with van der Waals surface area (Å²) in [5.41, 5.74) is 1.45. The molecule has 0 saturated heterocycles. The average molecular weight is 538 g/mol. The minimum absolute atomic E-state index is 1.16. The van der Waals surface area contributed by atoms with Gasteiger partial charge in [0.2, 0.25) is 0 Å². The van der Waals surface area contributed by atoms with E-state index in [0.29, 0.717) is 0 Å². The van der Waals surface area contributed by atoms with Crippen molar-refractivity contribution >= 4 is 36.7 Å². The summed E-state index contributed by atoms with van der Waals surface area (Å²) in [6.07, 6.45) is 15.5. The zero-order valence-electron chi connectivity index (χ0n) is 21.1. The molecule has 0 unspecified atom stereocenters. The third kappa shape index (κ3) is 6.71. The second kappa shape index (κ2) is 13.4. The summed E-state index contributed by atoms with van der Waals surface area (Å²) < 4.78 is 0. The molecule has 0 aliphatic rings. The van der Waals surface area contributed by atoms with Crippen LogP contribution in [0.5, 0.6) is 0 Å². The Hall–Kier alpha value is -1.69. The first kappa shape index (κ1) is 26.9. The van der Waals surface area contributed by atoms with Gasteiger partial charge in [0, 0.05) is 0 Å². The van der Waals surface area contributed by atoms with E-state index < -0.39 is 5.31 Å². The fourth-order valence-corrected chi connectivity index (χ4v) is 12.8. The molecule has 3 aromatic carbocycles. The van der Waals surface area contributed by atoms with Crippen molar-refractivity contribution in [2.24, 2.45) is 0 Å². The van der Waals surface area contributed by atoms with Crippen LogP contribution >= 0.6 is 20.8 Å². The van der Waals surface area contributed by atoms with Crippen molar-refractivity contribution in [2.75, 3.05) is 6.16 Å². The molecule has 0 heterocycles. The molecule has 3 rings (SSSR count). The Morgan fingerprint density at radius 1 is 0.559 bits per heavy atom. The van der Waals surface area contributed by atoms with E-state index in [-0.39, 0.29) is 0 Å². The number of unbranched alkanes of at least 4 members (excludes halogenated alkanes) is 8. The molecule has 0 atom stereocenters. The van der Waals surface area contributed by atoms with Gasteiger partial charge >= 0.3 is 203 Å². The van der Waals surface area contributed by atoms with Crippen LogP contribution < -0.4 is 15.9 Å². The Morgan fingerprint density at radius 2 is 0.912 bits per heavy atom. The monoisotopic (exact) mass is 536 g/mol. The van der Waals surface area contributed by atoms with E-state index in [1.165, 1.54) is 79.3 Å². The van der Waals surface area contributed by atoms with Gasteiger partial charge in [-0.3, -0.25) is 0 Å². The molecular weight excluding hydrogens is 495 g/mol. The standard InChI is InChI=1S/C32H42BrP/c1-29(2)21-13-8-6-4-3-5-7-9-20-28-34(33,30-22-14-10-15-23-30,31-24-16-11-17-25-31)32-26-18-12-19-27-32/h10-12,14-19,21-27H,3-9,13,20,28H2,1-2H3. The van der Waals surface area contributed by atoms with Crippen LogP contribution in [0.4, 0.5) is 0 Å². The zero-order chi connectivity index (χ0) is 24.1. The van der Waals surface area contributed by atoms with Crippen LogP contribution in [0.25, 0.3) is 0 Å². The van der Waals surface area contributed by atoms with Gasteiger partial charge in [0.1, 0.15) is 0 Å². The maximum absolute atomic E-state index is 4.57. The molecule has 0 aromatic heterocycles. The Kier molecular flexibility index (Phi) is 10.6. The third-order valence-corrected chi connectivity index (χ3v) is 17.0. The summed E-state index contributed by atoms with van der Waals surface area (Å²) >= 11 is 4.57. The summed E-state index contributed by atoms with van der Waals surface area (Å²) in [6, 6.07) is 33.6. The van der Waals surface area contributed by atoms with Gasteiger partial charge in [0.05, 0.1) is 0 Å². The molecule has 0 saturated carbocycles. The Balaban J connectivity index is 1.69. The van der Waals surface area contributed by atoms with Crippen LogP contribution in [0.1, 0.15) is 71.6 Å². The van der Waals surface area contributed by atoms with E-state index in [1.807, 2.05) is 0 Å². The normalized spacial score (nSPS) is 12.6. The molecule has 182 valence electrons. The van der Waals surface area contributed by atoms with Gasteiger partial charge in [-0.25, -0.2) is 0 Å². The van der Waals surface area contributed by atoms with E-state index in [9.17, 15) is 0 Å². The molecule has 0 bridgehead atoms. The quantitative estimate of drug-likeness (QED) is 0.109. The fourth-order valence-electron chi connectivity index (χ4n) is 5.06. The Labute approximate surface area is 216 Å². The molecule has 0 N–H and O–H groups in total. The van der Waals surface area contributed by atoms with E-state index in [0.717, 1.165) is 6.16 Å². The third-order valence-electron chi connectivity index (χ3n) is 6.97. The molecule has 0 aliphatic carbocycles. The predicted octanol–water partition coefficient (Wildman–Crippen LogP) is 9.30. The molecule has 0 fully saturated rings. The molecule has 0 radical (unpaired) electrons. The summed E-state index contributed by atoms with van der Waals surface area (Å²) in [4.78, 5) is 0. The van der Waals surface area contributed by atoms with Crippen LogP contribution in [-0.4, -0.2) is 6.16 Å². The summed E-state index contributed by atoms with van der Waals surface area (Å²) in [7, 11) is 0. The van der Waals surface area contributed by atoms with Crippen molar-refractivity contribution in [3.63, 3.8) is 0 Å². The molecule has 34 heavy (non-hydrogen) atoms. The summed E-state index contributed by atoms with van der Waals surface area (Å²) in [6.45, 7) is 4.39. The maximum atomic E-state index is 4.57. The van der Waals surface area contributed by atoms with E-state index in [4.69, 9.17) is 0 Å². The van der Waals surface area contributed by atoms with Crippen molar-refractivity contribution in [3.8, 4) is 0 Å². The van der Waals surface area contributed by atoms with Gasteiger partial charge < -0.3 is 0 Å². The first-order chi connectivity index (χ1) is 16.6. The van der Waals surface area contributed by atoms with Crippen molar-refractivity contribution in [1.29, 1.82) is 0 Å². The number of hydrogen-bond acceptors (Lipinski definition) is 0. The number of benzene rings is 3. The first-order valence-corrected chi connectivity index (χ1v) is 17.5. The molecule has 0 spiro atoms. The van der Waals surface area contributed by atoms with Gasteiger partial charge in [-0.05, 0) is 13.8 Å².